The fraction of sp³-hybridized carbons (Fsp3) is 0.656. The number of nitrogens with zero attached hydrogens (tertiary/aromatic N) is 1. The largest absolute Gasteiger partial charge is 0.392 e. The Bertz CT molecular complexity index is 1270. The third-order valence-corrected chi connectivity index (χ3v) is 11.6. The van der Waals surface area contributed by atoms with Crippen LogP contribution in [0.1, 0.15) is 78.9 Å². The van der Waals surface area contributed by atoms with Gasteiger partial charge in [-0.1, -0.05) is 32.9 Å². The third kappa shape index (κ3) is 5.96. The second-order valence-corrected chi connectivity index (χ2v) is 14.9. The Morgan fingerprint density at radius 2 is 1.85 bits per heavy atom. The van der Waals surface area contributed by atoms with E-state index in [0.717, 1.165) is 44.3 Å². The predicted octanol–water partition coefficient (Wildman–Crippen LogP) is 1.28. The second-order valence-electron chi connectivity index (χ2n) is 13.8. The lowest BCUT2D eigenvalue weighted by Crippen LogP contribution is -3.26. The number of quaternary nitrogens is 2. The Labute approximate surface area is 247 Å². The molecule has 9 heteroatoms. The van der Waals surface area contributed by atoms with Gasteiger partial charge >= 0.3 is 0 Å². The van der Waals surface area contributed by atoms with E-state index in [4.69, 9.17) is 4.98 Å². The first-order valence-electron chi connectivity index (χ1n) is 15.6. The molecule has 2 saturated carbocycles. The lowest BCUT2D eigenvalue weighted by Gasteiger charge is -2.53. The highest BCUT2D eigenvalue weighted by atomic mass is 32.1. The average Bonchev–Trinajstić information content (AvgIpc) is 3.67. The van der Waals surface area contributed by atoms with E-state index < -0.39 is 6.10 Å². The van der Waals surface area contributed by atoms with Gasteiger partial charge in [0.1, 0.15) is 32.7 Å². The minimum Gasteiger partial charge on any atom is -0.392 e. The summed E-state index contributed by atoms with van der Waals surface area (Å²) < 4.78 is 0. The minimum absolute atomic E-state index is 0.0342. The van der Waals surface area contributed by atoms with E-state index in [1.807, 2.05) is 19.1 Å². The van der Waals surface area contributed by atoms with Gasteiger partial charge in [-0.2, -0.15) is 0 Å². The number of amides is 2. The van der Waals surface area contributed by atoms with Crippen LogP contribution in [0.15, 0.2) is 24.3 Å². The first-order chi connectivity index (χ1) is 19.6. The molecule has 1 aromatic heterocycles. The van der Waals surface area contributed by atoms with Crippen LogP contribution in [0.2, 0.25) is 0 Å². The number of carbonyl (C=O) groups is 2. The molecule has 4 aliphatic rings. The molecule has 41 heavy (non-hydrogen) atoms. The number of aliphatic hydroxyl groups is 1. The summed E-state index contributed by atoms with van der Waals surface area (Å²) in [4.78, 5) is 35.3. The van der Waals surface area contributed by atoms with Gasteiger partial charge in [0.25, 0.3) is 5.91 Å². The maximum Gasteiger partial charge on any atom is 0.257 e. The molecular weight excluding hydrogens is 534 g/mol. The van der Waals surface area contributed by atoms with Crippen molar-refractivity contribution in [2.45, 2.75) is 77.5 Å². The van der Waals surface area contributed by atoms with E-state index in [1.54, 1.807) is 21.1 Å². The van der Waals surface area contributed by atoms with Crippen LogP contribution in [-0.4, -0.2) is 67.3 Å². The highest BCUT2D eigenvalue weighted by Gasteiger charge is 2.54. The second kappa shape index (κ2) is 11.4. The molecular formula is C32H47N5O3S+2. The first-order valence-corrected chi connectivity index (χ1v) is 16.5. The lowest BCUT2D eigenvalue weighted by molar-refractivity contribution is -1.01. The molecule has 3 aliphatic carbocycles. The molecule has 2 aromatic rings. The van der Waals surface area contributed by atoms with E-state index in [-0.39, 0.29) is 40.9 Å². The van der Waals surface area contributed by atoms with Crippen molar-refractivity contribution < 1.29 is 24.5 Å². The molecule has 8 nitrogen and oxygen atoms in total. The van der Waals surface area contributed by atoms with Crippen molar-refractivity contribution in [2.75, 3.05) is 38.5 Å². The van der Waals surface area contributed by atoms with Crippen molar-refractivity contribution in [3.63, 3.8) is 0 Å². The van der Waals surface area contributed by atoms with Crippen molar-refractivity contribution in [3.8, 4) is 0 Å². The van der Waals surface area contributed by atoms with Gasteiger partial charge in [0.2, 0.25) is 5.91 Å². The van der Waals surface area contributed by atoms with Gasteiger partial charge in [-0.05, 0) is 61.5 Å². The van der Waals surface area contributed by atoms with E-state index in [1.165, 1.54) is 36.6 Å². The molecule has 3 fully saturated rings. The lowest BCUT2D eigenvalue weighted by atomic mass is 9.53. The number of piperazine rings is 1. The average molecular weight is 582 g/mol. The van der Waals surface area contributed by atoms with Crippen LogP contribution in [0.3, 0.4) is 0 Å². The van der Waals surface area contributed by atoms with E-state index in [2.05, 4.69) is 43.7 Å². The highest BCUT2D eigenvalue weighted by molar-refractivity contribution is 7.15. The SMILES string of the molecule is C[C@H](C(=O)NC1CC1)[C@@H]1CC[C@]2(C)Cc3sc(NC(=O)c4ccc(C[NH+]5CC[NH+](C)CC5)cc4)nc3[C@@H](C)[C@@H]2[C@H]1O. The molecule has 2 heterocycles. The van der Waals surface area contributed by atoms with Crippen molar-refractivity contribution in [3.05, 3.63) is 46.0 Å². The quantitative estimate of drug-likeness (QED) is 0.340. The first kappa shape index (κ1) is 28.8. The number of rotatable bonds is 7. The van der Waals surface area contributed by atoms with Crippen LogP contribution in [0.5, 0.6) is 0 Å². The molecule has 6 atom stereocenters. The fourth-order valence-corrected chi connectivity index (χ4v) is 9.05. The van der Waals surface area contributed by atoms with Crippen LogP contribution >= 0.6 is 11.3 Å². The van der Waals surface area contributed by atoms with E-state index >= 15 is 0 Å². The van der Waals surface area contributed by atoms with Gasteiger partial charge in [0.05, 0.1) is 18.8 Å². The molecule has 0 radical (unpaired) electrons. The summed E-state index contributed by atoms with van der Waals surface area (Å²) in [7, 11) is 2.26. The monoisotopic (exact) mass is 581 g/mol. The Morgan fingerprint density at radius 3 is 2.54 bits per heavy atom. The standard InChI is InChI=1S/C32H45N5O3S/c1-19(29(39)33-23-9-10-23)24-11-12-32(3)17-25-27(20(2)26(32)28(24)38)34-31(41-25)35-30(40)22-7-5-21(6-8-22)18-37-15-13-36(4)14-16-37/h5-8,19-20,23-24,26,28,38H,9-18H2,1-4H3,(H,33,39)(H,34,35,40)/p+2/t19-,20-,24-,26+,28-,32+/m0/s1. The number of thiazole rings is 1. The Hall–Kier alpha value is -2.33. The number of nitrogens with one attached hydrogen (secondary N) is 4. The van der Waals surface area contributed by atoms with E-state index in [0.29, 0.717) is 16.7 Å². The molecule has 0 unspecified atom stereocenters. The molecule has 2 amide bonds. The van der Waals surface area contributed by atoms with Gasteiger partial charge in [-0.3, -0.25) is 14.9 Å². The summed E-state index contributed by atoms with van der Waals surface area (Å²) in [5.74, 6) is -0.213. The number of fused-ring (bicyclic) bond motifs is 2. The zero-order valence-corrected chi connectivity index (χ0v) is 25.8. The predicted molar refractivity (Wildman–Crippen MR) is 160 cm³/mol. The smallest absolute Gasteiger partial charge is 0.257 e. The van der Waals surface area contributed by atoms with Gasteiger partial charge in [0, 0.05) is 33.9 Å². The number of anilines is 1. The number of hydrogen-bond acceptors (Lipinski definition) is 5. The summed E-state index contributed by atoms with van der Waals surface area (Å²) in [5, 5.41) is 18.5. The Morgan fingerprint density at radius 1 is 1.15 bits per heavy atom. The summed E-state index contributed by atoms with van der Waals surface area (Å²) in [5.41, 5.74) is 2.85. The van der Waals surface area contributed by atoms with Gasteiger partial charge in [0.15, 0.2) is 5.13 Å². The van der Waals surface area contributed by atoms with Gasteiger partial charge in [-0.15, -0.1) is 11.3 Å². The van der Waals surface area contributed by atoms with Crippen molar-refractivity contribution in [2.24, 2.45) is 23.2 Å². The van der Waals surface area contributed by atoms with Crippen LogP contribution in [0.25, 0.3) is 0 Å². The Kier molecular flexibility index (Phi) is 8.00. The maximum atomic E-state index is 13.1. The topological polar surface area (TPSA) is 100 Å². The number of hydrogen-bond donors (Lipinski definition) is 5. The van der Waals surface area contributed by atoms with Crippen LogP contribution in [-0.2, 0) is 17.8 Å². The molecule has 1 aliphatic heterocycles. The van der Waals surface area contributed by atoms with E-state index in [9.17, 15) is 14.7 Å². The van der Waals surface area contributed by atoms with Crippen LogP contribution < -0.4 is 20.4 Å². The molecule has 6 rings (SSSR count). The maximum absolute atomic E-state index is 13.1. The zero-order valence-electron chi connectivity index (χ0n) is 25.0. The minimum atomic E-state index is -0.552. The number of aliphatic hydroxyl groups excluding tert-OH is 1. The number of benzene rings is 1. The summed E-state index contributed by atoms with van der Waals surface area (Å²) >= 11 is 1.58. The van der Waals surface area contributed by atoms with Gasteiger partial charge < -0.3 is 20.2 Å². The molecule has 0 bridgehead atoms. The molecule has 0 spiro atoms. The van der Waals surface area contributed by atoms with Gasteiger partial charge in [-0.25, -0.2) is 4.98 Å². The van der Waals surface area contributed by atoms with Crippen molar-refractivity contribution in [1.82, 2.24) is 10.3 Å². The molecule has 1 saturated heterocycles. The van der Waals surface area contributed by atoms with Crippen molar-refractivity contribution in [1.29, 1.82) is 0 Å². The highest BCUT2D eigenvalue weighted by Crippen LogP contribution is 2.57. The zero-order chi connectivity index (χ0) is 28.9. The summed E-state index contributed by atoms with van der Waals surface area (Å²) in [6, 6.07) is 8.34. The van der Waals surface area contributed by atoms with Crippen molar-refractivity contribution >= 4 is 28.3 Å². The molecule has 1 aromatic carbocycles. The molecule has 222 valence electrons. The third-order valence-electron chi connectivity index (χ3n) is 10.6. The Balaban J connectivity index is 1.11. The number of likely N-dealkylation sites (N-methyl/N-ethyl adjacent to an activating group) is 1. The van der Waals surface area contributed by atoms with Crippen LogP contribution in [0, 0.1) is 23.2 Å². The normalized spacial score (nSPS) is 33.8. The molecule has 5 N–H and O–H groups in total. The fourth-order valence-electron chi connectivity index (χ4n) is 7.79. The summed E-state index contributed by atoms with van der Waals surface area (Å²) in [6.45, 7) is 12.2. The number of carbonyl (C=O) groups excluding carboxylic acids is 2. The number of aromatic nitrogens is 1. The summed E-state index contributed by atoms with van der Waals surface area (Å²) in [6.07, 6.45) is 4.27. The van der Waals surface area contributed by atoms with Crippen LogP contribution in [0.4, 0.5) is 5.13 Å².